The van der Waals surface area contributed by atoms with Gasteiger partial charge in [0.2, 0.25) is 0 Å². The van der Waals surface area contributed by atoms with Crippen LogP contribution in [0.1, 0.15) is 13.8 Å². The molecule has 0 saturated heterocycles. The molecule has 0 aliphatic heterocycles. The predicted octanol–water partition coefficient (Wildman–Crippen LogP) is 2.85. The first-order valence-electron chi connectivity index (χ1n) is 6.75. The van der Waals surface area contributed by atoms with Crippen LogP contribution in [0.3, 0.4) is 0 Å². The highest BCUT2D eigenvalue weighted by Crippen LogP contribution is 2.15. The van der Waals surface area contributed by atoms with Crippen molar-refractivity contribution >= 4 is 17.6 Å². The third-order valence-corrected chi connectivity index (χ3v) is 3.32. The van der Waals surface area contributed by atoms with Crippen LogP contribution < -0.4 is 4.74 Å². The summed E-state index contributed by atoms with van der Waals surface area (Å²) >= 11 is 5.81. The van der Waals surface area contributed by atoms with Gasteiger partial charge in [0.1, 0.15) is 12.4 Å². The summed E-state index contributed by atoms with van der Waals surface area (Å²) in [6.45, 7) is 6.81. The maximum absolute atomic E-state index is 11.4. The van der Waals surface area contributed by atoms with Gasteiger partial charge in [-0.2, -0.15) is 0 Å². The lowest BCUT2D eigenvalue weighted by Gasteiger charge is -2.23. The zero-order valence-corrected chi connectivity index (χ0v) is 13.0. The van der Waals surface area contributed by atoms with E-state index in [-0.39, 0.29) is 11.9 Å². The van der Waals surface area contributed by atoms with Gasteiger partial charge in [-0.15, -0.1) is 0 Å². The van der Waals surface area contributed by atoms with E-state index in [2.05, 4.69) is 11.8 Å². The number of hydrogen-bond acceptors (Lipinski definition) is 4. The Kier molecular flexibility index (Phi) is 7.41. The van der Waals surface area contributed by atoms with Crippen molar-refractivity contribution in [3.8, 4) is 5.75 Å². The number of hydrogen-bond donors (Lipinski definition) is 0. The van der Waals surface area contributed by atoms with Gasteiger partial charge >= 0.3 is 5.97 Å². The van der Waals surface area contributed by atoms with Gasteiger partial charge in [-0.05, 0) is 30.8 Å². The molecule has 20 heavy (non-hydrogen) atoms. The van der Waals surface area contributed by atoms with Crippen LogP contribution in [-0.2, 0) is 9.53 Å². The number of carbonyl (C=O) groups is 1. The molecule has 0 fully saturated rings. The molecule has 0 amide bonds. The fourth-order valence-electron chi connectivity index (χ4n) is 1.86. The molecule has 1 aromatic carbocycles. The molecule has 5 heteroatoms. The summed E-state index contributed by atoms with van der Waals surface area (Å²) in [6, 6.07) is 7.28. The van der Waals surface area contributed by atoms with Gasteiger partial charge in [0.05, 0.1) is 13.0 Å². The number of carbonyl (C=O) groups excluding carboxylic acids is 1. The standard InChI is InChI=1S/C15H22ClNO3/c1-4-17(11-12(2)15(18)19-3)9-10-20-14-7-5-13(16)6-8-14/h5-8,12H,4,9-11H2,1-3H3. The molecular weight excluding hydrogens is 278 g/mol. The van der Waals surface area contributed by atoms with Crippen molar-refractivity contribution in [1.29, 1.82) is 0 Å². The van der Waals surface area contributed by atoms with E-state index in [1.165, 1.54) is 7.11 Å². The van der Waals surface area contributed by atoms with Crippen molar-refractivity contribution in [3.63, 3.8) is 0 Å². The molecule has 0 aromatic heterocycles. The Morgan fingerprint density at radius 2 is 2.00 bits per heavy atom. The van der Waals surface area contributed by atoms with Crippen LogP contribution in [0, 0.1) is 5.92 Å². The van der Waals surface area contributed by atoms with Gasteiger partial charge in [0.15, 0.2) is 0 Å². The first-order valence-corrected chi connectivity index (χ1v) is 7.13. The minimum atomic E-state index is -0.179. The molecule has 1 aromatic rings. The number of methoxy groups -OCH3 is 1. The number of likely N-dealkylation sites (N-methyl/N-ethyl adjacent to an activating group) is 1. The molecule has 0 radical (unpaired) electrons. The minimum absolute atomic E-state index is 0.129. The fraction of sp³-hybridized carbons (Fsp3) is 0.533. The van der Waals surface area contributed by atoms with E-state index in [0.29, 0.717) is 18.2 Å². The highest BCUT2D eigenvalue weighted by atomic mass is 35.5. The Morgan fingerprint density at radius 3 is 2.55 bits per heavy atom. The maximum Gasteiger partial charge on any atom is 0.309 e. The second-order valence-electron chi connectivity index (χ2n) is 4.62. The summed E-state index contributed by atoms with van der Waals surface area (Å²) in [5, 5.41) is 0.694. The summed E-state index contributed by atoms with van der Waals surface area (Å²) in [4.78, 5) is 13.6. The van der Waals surface area contributed by atoms with Crippen molar-refractivity contribution in [2.45, 2.75) is 13.8 Å². The summed E-state index contributed by atoms with van der Waals surface area (Å²) in [7, 11) is 1.42. The van der Waals surface area contributed by atoms with E-state index < -0.39 is 0 Å². The van der Waals surface area contributed by atoms with Crippen LogP contribution in [0.25, 0.3) is 0 Å². The molecule has 1 unspecified atom stereocenters. The number of benzene rings is 1. The molecule has 0 heterocycles. The van der Waals surface area contributed by atoms with Crippen molar-refractivity contribution in [3.05, 3.63) is 29.3 Å². The van der Waals surface area contributed by atoms with E-state index in [1.807, 2.05) is 19.1 Å². The molecule has 0 bridgehead atoms. The summed E-state index contributed by atoms with van der Waals surface area (Å²) in [6.07, 6.45) is 0. The van der Waals surface area contributed by atoms with Crippen LogP contribution in [0.5, 0.6) is 5.75 Å². The SMILES string of the molecule is CCN(CCOc1ccc(Cl)cc1)CC(C)C(=O)OC. The third-order valence-electron chi connectivity index (χ3n) is 3.07. The monoisotopic (exact) mass is 299 g/mol. The van der Waals surface area contributed by atoms with E-state index in [1.54, 1.807) is 12.1 Å². The largest absolute Gasteiger partial charge is 0.492 e. The van der Waals surface area contributed by atoms with Gasteiger partial charge in [-0.1, -0.05) is 25.4 Å². The van der Waals surface area contributed by atoms with Gasteiger partial charge in [0.25, 0.3) is 0 Å². The van der Waals surface area contributed by atoms with Crippen LogP contribution in [0.4, 0.5) is 0 Å². The summed E-state index contributed by atoms with van der Waals surface area (Å²) in [5.41, 5.74) is 0. The Morgan fingerprint density at radius 1 is 1.35 bits per heavy atom. The molecule has 0 N–H and O–H groups in total. The zero-order chi connectivity index (χ0) is 15.0. The number of esters is 1. The molecule has 4 nitrogen and oxygen atoms in total. The Labute approximate surface area is 125 Å². The quantitative estimate of drug-likeness (QED) is 0.692. The van der Waals surface area contributed by atoms with Crippen LogP contribution >= 0.6 is 11.6 Å². The molecule has 0 saturated carbocycles. The molecule has 0 spiro atoms. The lowest BCUT2D eigenvalue weighted by Crippen LogP contribution is -2.35. The lowest BCUT2D eigenvalue weighted by atomic mass is 10.1. The van der Waals surface area contributed by atoms with Crippen LogP contribution in [0.15, 0.2) is 24.3 Å². The molecular formula is C15H22ClNO3. The smallest absolute Gasteiger partial charge is 0.309 e. The van der Waals surface area contributed by atoms with E-state index in [0.717, 1.165) is 18.8 Å². The van der Waals surface area contributed by atoms with E-state index >= 15 is 0 Å². The maximum atomic E-state index is 11.4. The number of ether oxygens (including phenoxy) is 2. The number of nitrogens with zero attached hydrogens (tertiary/aromatic N) is 1. The first-order chi connectivity index (χ1) is 9.56. The fourth-order valence-corrected chi connectivity index (χ4v) is 1.99. The first kappa shape index (κ1) is 16.8. The molecule has 0 aliphatic carbocycles. The minimum Gasteiger partial charge on any atom is -0.492 e. The normalized spacial score (nSPS) is 12.2. The molecule has 1 rings (SSSR count). The molecule has 0 aliphatic rings. The van der Waals surface area contributed by atoms with Crippen molar-refractivity contribution in [2.75, 3.05) is 33.4 Å². The highest BCUT2D eigenvalue weighted by Gasteiger charge is 2.16. The lowest BCUT2D eigenvalue weighted by molar-refractivity contribution is -0.145. The van der Waals surface area contributed by atoms with E-state index in [4.69, 9.17) is 21.1 Å². The van der Waals surface area contributed by atoms with Gasteiger partial charge < -0.3 is 9.47 Å². The Bertz CT molecular complexity index is 408. The Balaban J connectivity index is 2.34. The predicted molar refractivity (Wildman–Crippen MR) is 80.2 cm³/mol. The van der Waals surface area contributed by atoms with Crippen molar-refractivity contribution in [1.82, 2.24) is 4.90 Å². The van der Waals surface area contributed by atoms with Gasteiger partial charge in [0, 0.05) is 18.1 Å². The van der Waals surface area contributed by atoms with E-state index in [9.17, 15) is 4.79 Å². The topological polar surface area (TPSA) is 38.8 Å². The number of halogens is 1. The van der Waals surface area contributed by atoms with Crippen molar-refractivity contribution < 1.29 is 14.3 Å². The summed E-state index contributed by atoms with van der Waals surface area (Å²) < 4.78 is 10.4. The van der Waals surface area contributed by atoms with Crippen LogP contribution in [-0.4, -0.2) is 44.2 Å². The summed E-state index contributed by atoms with van der Waals surface area (Å²) in [5.74, 6) is 0.490. The van der Waals surface area contributed by atoms with Gasteiger partial charge in [-0.3, -0.25) is 9.69 Å². The average Bonchev–Trinajstić information content (AvgIpc) is 2.47. The second kappa shape index (κ2) is 8.82. The molecule has 112 valence electrons. The average molecular weight is 300 g/mol. The van der Waals surface area contributed by atoms with Crippen LogP contribution in [0.2, 0.25) is 5.02 Å². The Hall–Kier alpha value is -1.26. The molecule has 1 atom stereocenters. The zero-order valence-electron chi connectivity index (χ0n) is 12.3. The third kappa shape index (κ3) is 5.80. The van der Waals surface area contributed by atoms with Crippen molar-refractivity contribution in [2.24, 2.45) is 5.92 Å². The second-order valence-corrected chi connectivity index (χ2v) is 5.06. The van der Waals surface area contributed by atoms with Gasteiger partial charge in [-0.25, -0.2) is 0 Å². The highest BCUT2D eigenvalue weighted by molar-refractivity contribution is 6.30. The number of rotatable bonds is 8.